The van der Waals surface area contributed by atoms with Crippen LogP contribution in [-0.4, -0.2) is 29.4 Å². The van der Waals surface area contributed by atoms with Crippen LogP contribution in [0.3, 0.4) is 0 Å². The van der Waals surface area contributed by atoms with Crippen molar-refractivity contribution in [2.75, 3.05) is 11.9 Å². The van der Waals surface area contributed by atoms with Crippen molar-refractivity contribution >= 4 is 22.6 Å². The first-order chi connectivity index (χ1) is 13.3. The second kappa shape index (κ2) is 8.35. The summed E-state index contributed by atoms with van der Waals surface area (Å²) in [7, 11) is 1.87. The van der Waals surface area contributed by atoms with Crippen molar-refractivity contribution in [3.8, 4) is 0 Å². The van der Waals surface area contributed by atoms with Gasteiger partial charge in [0, 0.05) is 37.5 Å². The molecule has 8 heteroatoms. The molecule has 3 rings (SSSR count). The second-order valence-electron chi connectivity index (χ2n) is 6.50. The maximum Gasteiger partial charge on any atom is 0.405 e. The van der Waals surface area contributed by atoms with Gasteiger partial charge in [-0.3, -0.25) is 0 Å². The Balaban J connectivity index is 1.57. The molecule has 1 atom stereocenters. The molecule has 1 aromatic heterocycles. The number of alkyl halides is 3. The van der Waals surface area contributed by atoms with E-state index in [1.807, 2.05) is 29.9 Å². The van der Waals surface area contributed by atoms with E-state index in [-0.39, 0.29) is 6.54 Å². The smallest absolute Gasteiger partial charge is 0.350 e. The number of carbonyl (C=O) groups excluding carboxylic acids is 1. The van der Waals surface area contributed by atoms with Gasteiger partial charge in [-0.25, -0.2) is 4.79 Å². The molecule has 28 heavy (non-hydrogen) atoms. The number of amides is 2. The van der Waals surface area contributed by atoms with Crippen molar-refractivity contribution in [3.05, 3.63) is 66.4 Å². The first-order valence-corrected chi connectivity index (χ1v) is 8.77. The van der Waals surface area contributed by atoms with Crippen LogP contribution in [0.1, 0.15) is 5.56 Å². The summed E-state index contributed by atoms with van der Waals surface area (Å²) in [5.41, 5.74) is 2.15. The van der Waals surface area contributed by atoms with E-state index in [2.05, 4.69) is 16.0 Å². The van der Waals surface area contributed by atoms with Gasteiger partial charge < -0.3 is 20.5 Å². The highest BCUT2D eigenvalue weighted by atomic mass is 19.4. The number of fused-ring (bicyclic) bond motifs is 1. The highest BCUT2D eigenvalue weighted by Gasteiger charge is 2.39. The van der Waals surface area contributed by atoms with Gasteiger partial charge >= 0.3 is 12.2 Å². The number of urea groups is 1. The van der Waals surface area contributed by atoms with E-state index in [1.165, 1.54) is 0 Å². The van der Waals surface area contributed by atoms with Crippen LogP contribution < -0.4 is 16.0 Å². The normalized spacial score (nSPS) is 12.7. The maximum atomic E-state index is 13.2. The van der Waals surface area contributed by atoms with Gasteiger partial charge in [-0.1, -0.05) is 36.4 Å². The molecule has 0 aliphatic heterocycles. The van der Waals surface area contributed by atoms with Crippen molar-refractivity contribution < 1.29 is 18.0 Å². The molecule has 0 saturated carbocycles. The molecule has 0 saturated heterocycles. The highest BCUT2D eigenvalue weighted by Crippen LogP contribution is 2.21. The number of carbonyl (C=O) groups is 1. The molecule has 3 N–H and O–H groups in total. The van der Waals surface area contributed by atoms with E-state index < -0.39 is 24.8 Å². The van der Waals surface area contributed by atoms with E-state index in [4.69, 9.17) is 0 Å². The number of anilines is 1. The maximum absolute atomic E-state index is 13.2. The predicted octanol–water partition coefficient (Wildman–Crippen LogP) is 4.02. The second-order valence-corrected chi connectivity index (χ2v) is 6.50. The van der Waals surface area contributed by atoms with Gasteiger partial charge in [0.25, 0.3) is 0 Å². The van der Waals surface area contributed by atoms with Crippen LogP contribution in [0.2, 0.25) is 0 Å². The first-order valence-electron chi connectivity index (χ1n) is 8.77. The average molecular weight is 390 g/mol. The summed E-state index contributed by atoms with van der Waals surface area (Å²) < 4.78 is 41.6. The zero-order valence-corrected chi connectivity index (χ0v) is 15.3. The van der Waals surface area contributed by atoms with Crippen LogP contribution in [0.15, 0.2) is 60.8 Å². The lowest BCUT2D eigenvalue weighted by atomic mass is 10.2. The summed E-state index contributed by atoms with van der Waals surface area (Å²) in [6.45, 7) is -0.521. The molecule has 0 spiro atoms. The van der Waals surface area contributed by atoms with E-state index >= 15 is 0 Å². The van der Waals surface area contributed by atoms with E-state index in [9.17, 15) is 18.0 Å². The summed E-state index contributed by atoms with van der Waals surface area (Å²) in [5.74, 6) is 0. The number of hydrogen-bond donors (Lipinski definition) is 3. The number of halogens is 3. The first kappa shape index (κ1) is 19.8. The van der Waals surface area contributed by atoms with Crippen LogP contribution in [0, 0.1) is 0 Å². The van der Waals surface area contributed by atoms with E-state index in [0.29, 0.717) is 5.69 Å². The van der Waals surface area contributed by atoms with Crippen LogP contribution in [-0.2, 0) is 13.6 Å². The molecule has 2 aromatic carbocycles. The number of benzene rings is 2. The third kappa shape index (κ3) is 5.04. The number of nitrogens with one attached hydrogen (secondary N) is 3. The largest absolute Gasteiger partial charge is 0.405 e. The minimum atomic E-state index is -4.48. The van der Waals surface area contributed by atoms with Gasteiger partial charge in [0.05, 0.1) is 0 Å². The van der Waals surface area contributed by atoms with Gasteiger partial charge in [-0.05, 0) is 29.1 Å². The number of aryl methyl sites for hydroxylation is 1. The Morgan fingerprint density at radius 1 is 1.11 bits per heavy atom. The van der Waals surface area contributed by atoms with Gasteiger partial charge in [0.1, 0.15) is 6.04 Å². The molecule has 3 aromatic rings. The molecule has 2 amide bonds. The quantitative estimate of drug-likeness (QED) is 0.595. The summed E-state index contributed by atoms with van der Waals surface area (Å²) in [6, 6.07) is 13.5. The van der Waals surface area contributed by atoms with E-state index in [0.717, 1.165) is 16.5 Å². The fraction of sp³-hybridized carbons (Fsp3) is 0.250. The van der Waals surface area contributed by atoms with E-state index in [1.54, 1.807) is 42.5 Å². The Morgan fingerprint density at radius 3 is 2.57 bits per heavy atom. The standard InChI is InChI=1S/C20H21F3N4O/c1-27-10-9-15-7-8-16(11-17(15)27)26-19(28)25-13-18(20(21,22)23)24-12-14-5-3-2-4-6-14/h2-11,18,24H,12-13H2,1H3,(H2,25,26,28). The van der Waals surface area contributed by atoms with Crippen LogP contribution in [0.4, 0.5) is 23.7 Å². The number of hydrogen-bond acceptors (Lipinski definition) is 2. The van der Waals surface area contributed by atoms with Crippen molar-refractivity contribution in [2.24, 2.45) is 7.05 Å². The zero-order valence-electron chi connectivity index (χ0n) is 15.3. The van der Waals surface area contributed by atoms with Crippen molar-refractivity contribution in [1.29, 1.82) is 0 Å². The Morgan fingerprint density at radius 2 is 1.86 bits per heavy atom. The Hall–Kier alpha value is -3.00. The molecule has 0 bridgehead atoms. The minimum absolute atomic E-state index is 0.0540. The summed E-state index contributed by atoms with van der Waals surface area (Å²) >= 11 is 0. The topological polar surface area (TPSA) is 58.1 Å². The van der Waals surface area contributed by atoms with Crippen molar-refractivity contribution in [2.45, 2.75) is 18.8 Å². The minimum Gasteiger partial charge on any atom is -0.350 e. The van der Waals surface area contributed by atoms with Crippen LogP contribution in [0.25, 0.3) is 10.9 Å². The summed E-state index contributed by atoms with van der Waals surface area (Å²) in [5, 5.41) is 8.33. The summed E-state index contributed by atoms with van der Waals surface area (Å²) in [4.78, 5) is 12.1. The number of rotatable bonds is 6. The lowest BCUT2D eigenvalue weighted by Crippen LogP contribution is -2.50. The Labute approximate surface area is 160 Å². The van der Waals surface area contributed by atoms with Gasteiger partial charge in [-0.2, -0.15) is 13.2 Å². The summed E-state index contributed by atoms with van der Waals surface area (Å²) in [6.07, 6.45) is -2.59. The van der Waals surface area contributed by atoms with Gasteiger partial charge in [0.15, 0.2) is 0 Å². The number of aromatic nitrogens is 1. The fourth-order valence-electron chi connectivity index (χ4n) is 2.85. The predicted molar refractivity (Wildman–Crippen MR) is 103 cm³/mol. The molecule has 148 valence electrons. The lowest BCUT2D eigenvalue weighted by Gasteiger charge is -2.22. The zero-order chi connectivity index (χ0) is 20.1. The SMILES string of the molecule is Cn1ccc2ccc(NC(=O)NCC(NCc3ccccc3)C(F)(F)F)cc21. The van der Waals surface area contributed by atoms with Gasteiger partial charge in [-0.15, -0.1) is 0 Å². The average Bonchev–Trinajstić information content (AvgIpc) is 3.02. The van der Waals surface area contributed by atoms with Crippen LogP contribution in [0.5, 0.6) is 0 Å². The third-order valence-electron chi connectivity index (χ3n) is 4.40. The molecule has 0 aliphatic rings. The molecule has 0 fully saturated rings. The van der Waals surface area contributed by atoms with Gasteiger partial charge in [0.2, 0.25) is 0 Å². The molecule has 1 heterocycles. The molecule has 0 aliphatic carbocycles. The Kier molecular flexibility index (Phi) is 5.89. The molecular weight excluding hydrogens is 369 g/mol. The fourth-order valence-corrected chi connectivity index (χ4v) is 2.85. The van der Waals surface area contributed by atoms with Crippen molar-refractivity contribution in [3.63, 3.8) is 0 Å². The van der Waals surface area contributed by atoms with Crippen LogP contribution >= 0.6 is 0 Å². The molecule has 1 unspecified atom stereocenters. The lowest BCUT2D eigenvalue weighted by molar-refractivity contribution is -0.154. The number of nitrogens with zero attached hydrogens (tertiary/aromatic N) is 1. The third-order valence-corrected chi connectivity index (χ3v) is 4.40. The molecule has 5 nitrogen and oxygen atoms in total. The highest BCUT2D eigenvalue weighted by molar-refractivity contribution is 5.92. The molecule has 0 radical (unpaired) electrons. The monoisotopic (exact) mass is 390 g/mol. The van der Waals surface area contributed by atoms with Crippen molar-refractivity contribution in [1.82, 2.24) is 15.2 Å². The Bertz CT molecular complexity index is 938. The molecular formula is C20H21F3N4O.